The van der Waals surface area contributed by atoms with Crippen molar-refractivity contribution < 1.29 is 14.7 Å². The number of carbonyl (C=O) groups is 2. The lowest BCUT2D eigenvalue weighted by Gasteiger charge is -2.37. The third-order valence-electron chi connectivity index (χ3n) is 2.89. The van der Waals surface area contributed by atoms with E-state index >= 15 is 0 Å². The fourth-order valence-electron chi connectivity index (χ4n) is 1.90. The maximum Gasteiger partial charge on any atom is 0.303 e. The second-order valence-electron chi connectivity index (χ2n) is 3.99. The van der Waals surface area contributed by atoms with Crippen LogP contribution in [0.25, 0.3) is 0 Å². The fourth-order valence-corrected chi connectivity index (χ4v) is 1.90. The zero-order chi connectivity index (χ0) is 11.4. The summed E-state index contributed by atoms with van der Waals surface area (Å²) in [6.45, 7) is 5.28. The molecule has 1 amide bonds. The predicted molar refractivity (Wildman–Crippen MR) is 55.5 cm³/mol. The average Bonchev–Trinajstić information content (AvgIpc) is 2.18. The van der Waals surface area contributed by atoms with Crippen LogP contribution in [0.5, 0.6) is 0 Å². The zero-order valence-electron chi connectivity index (χ0n) is 9.19. The largest absolute Gasteiger partial charge is 0.481 e. The van der Waals surface area contributed by atoms with Gasteiger partial charge >= 0.3 is 5.97 Å². The maximum absolute atomic E-state index is 11.4. The molecule has 2 N–H and O–H groups in total. The molecular formula is C10H18N2O3. The molecular weight excluding hydrogens is 196 g/mol. The Morgan fingerprint density at radius 1 is 1.73 bits per heavy atom. The lowest BCUT2D eigenvalue weighted by Crippen LogP contribution is -2.56. The monoisotopic (exact) mass is 214 g/mol. The van der Waals surface area contributed by atoms with Crippen molar-refractivity contribution in [1.29, 1.82) is 0 Å². The summed E-state index contributed by atoms with van der Waals surface area (Å²) in [5.74, 6) is -0.751. The molecule has 1 aliphatic rings. The van der Waals surface area contributed by atoms with Gasteiger partial charge in [0.05, 0.1) is 6.04 Å². The molecule has 1 fully saturated rings. The van der Waals surface area contributed by atoms with Gasteiger partial charge in [-0.2, -0.15) is 0 Å². The molecule has 0 saturated carbocycles. The van der Waals surface area contributed by atoms with Gasteiger partial charge in [-0.15, -0.1) is 0 Å². The predicted octanol–water partition coefficient (Wildman–Crippen LogP) is 0.0600. The van der Waals surface area contributed by atoms with Crippen molar-refractivity contribution in [2.24, 2.45) is 0 Å². The third-order valence-corrected chi connectivity index (χ3v) is 2.89. The Bertz CT molecular complexity index is 255. The van der Waals surface area contributed by atoms with E-state index in [-0.39, 0.29) is 24.4 Å². The van der Waals surface area contributed by atoms with E-state index in [4.69, 9.17) is 5.11 Å². The second-order valence-corrected chi connectivity index (χ2v) is 3.99. The molecule has 1 saturated heterocycles. The molecule has 0 bridgehead atoms. The van der Waals surface area contributed by atoms with Gasteiger partial charge in [0.15, 0.2) is 0 Å². The summed E-state index contributed by atoms with van der Waals surface area (Å²) in [6, 6.07) is -0.00954. The van der Waals surface area contributed by atoms with Crippen LogP contribution < -0.4 is 5.32 Å². The Labute approximate surface area is 89.4 Å². The minimum absolute atomic E-state index is 0.0309. The molecule has 0 aromatic rings. The van der Waals surface area contributed by atoms with Gasteiger partial charge in [0.2, 0.25) is 5.91 Å². The lowest BCUT2D eigenvalue weighted by molar-refractivity contribution is -0.137. The molecule has 1 heterocycles. The first-order chi connectivity index (χ1) is 7.02. The average molecular weight is 214 g/mol. The first kappa shape index (κ1) is 12.0. The van der Waals surface area contributed by atoms with Gasteiger partial charge in [0.1, 0.15) is 0 Å². The summed E-state index contributed by atoms with van der Waals surface area (Å²) in [6.07, 6.45) is 0.749. The number of nitrogens with zero attached hydrogens (tertiary/aromatic N) is 1. The molecule has 86 valence electrons. The first-order valence-electron chi connectivity index (χ1n) is 5.27. The van der Waals surface area contributed by atoms with Crippen LogP contribution in [0.2, 0.25) is 0 Å². The molecule has 0 aromatic carbocycles. The molecule has 0 aromatic heterocycles. The van der Waals surface area contributed by atoms with Gasteiger partial charge in [-0.05, 0) is 20.3 Å². The second kappa shape index (κ2) is 5.11. The maximum atomic E-state index is 11.4. The van der Waals surface area contributed by atoms with Gasteiger partial charge in [0.25, 0.3) is 0 Å². The van der Waals surface area contributed by atoms with E-state index in [0.717, 1.165) is 6.54 Å². The zero-order valence-corrected chi connectivity index (χ0v) is 9.19. The third kappa shape index (κ3) is 3.20. The topological polar surface area (TPSA) is 69.6 Å². The standard InChI is InChI=1S/C10H18N2O3/c1-7(3-4-9(13)14)12-6-5-11-10(15)8(12)2/h7-8H,3-6H2,1-2H3,(H,11,15)(H,13,14). The summed E-state index contributed by atoms with van der Waals surface area (Å²) in [5.41, 5.74) is 0. The van der Waals surface area contributed by atoms with Crippen molar-refractivity contribution >= 4 is 11.9 Å². The van der Waals surface area contributed by atoms with Crippen LogP contribution >= 0.6 is 0 Å². The Hall–Kier alpha value is -1.10. The SMILES string of the molecule is CC(CCC(=O)O)N1CCNC(=O)C1C. The molecule has 15 heavy (non-hydrogen) atoms. The smallest absolute Gasteiger partial charge is 0.303 e. The normalized spacial score (nSPS) is 24.7. The Kier molecular flexibility index (Phi) is 4.08. The van der Waals surface area contributed by atoms with Crippen LogP contribution in [0, 0.1) is 0 Å². The Balaban J connectivity index is 2.46. The number of amides is 1. The highest BCUT2D eigenvalue weighted by Crippen LogP contribution is 2.13. The fraction of sp³-hybridized carbons (Fsp3) is 0.800. The minimum Gasteiger partial charge on any atom is -0.481 e. The highest BCUT2D eigenvalue weighted by atomic mass is 16.4. The molecule has 2 atom stereocenters. The number of piperazine rings is 1. The molecule has 5 nitrogen and oxygen atoms in total. The summed E-state index contributed by atoms with van der Waals surface area (Å²) in [7, 11) is 0. The number of rotatable bonds is 4. The minimum atomic E-state index is -0.782. The van der Waals surface area contributed by atoms with Gasteiger partial charge in [-0.25, -0.2) is 0 Å². The lowest BCUT2D eigenvalue weighted by atomic mass is 10.1. The van der Waals surface area contributed by atoms with Crippen LogP contribution in [0.3, 0.4) is 0 Å². The number of nitrogens with one attached hydrogen (secondary N) is 1. The number of hydrogen-bond donors (Lipinski definition) is 2. The summed E-state index contributed by atoms with van der Waals surface area (Å²) in [5, 5.41) is 11.4. The van der Waals surface area contributed by atoms with Crippen molar-refractivity contribution in [3.8, 4) is 0 Å². The molecule has 1 aliphatic heterocycles. The number of carbonyl (C=O) groups excluding carboxylic acids is 1. The van der Waals surface area contributed by atoms with E-state index in [0.29, 0.717) is 13.0 Å². The summed E-state index contributed by atoms with van der Waals surface area (Å²) >= 11 is 0. The first-order valence-corrected chi connectivity index (χ1v) is 5.27. The quantitative estimate of drug-likeness (QED) is 0.694. The summed E-state index contributed by atoms with van der Waals surface area (Å²) in [4.78, 5) is 23.9. The van der Waals surface area contributed by atoms with E-state index in [2.05, 4.69) is 10.2 Å². The molecule has 0 spiro atoms. The van der Waals surface area contributed by atoms with Crippen LogP contribution in [-0.4, -0.2) is 47.1 Å². The van der Waals surface area contributed by atoms with E-state index < -0.39 is 5.97 Å². The van der Waals surface area contributed by atoms with Crippen LogP contribution in [-0.2, 0) is 9.59 Å². The highest BCUT2D eigenvalue weighted by Gasteiger charge is 2.28. The van der Waals surface area contributed by atoms with Crippen molar-refractivity contribution in [3.05, 3.63) is 0 Å². The van der Waals surface area contributed by atoms with Crippen LogP contribution in [0.15, 0.2) is 0 Å². The van der Waals surface area contributed by atoms with Gasteiger partial charge in [0, 0.05) is 25.6 Å². The number of hydrogen-bond acceptors (Lipinski definition) is 3. The Morgan fingerprint density at radius 2 is 2.40 bits per heavy atom. The van der Waals surface area contributed by atoms with Crippen LogP contribution in [0.4, 0.5) is 0 Å². The Morgan fingerprint density at radius 3 is 3.00 bits per heavy atom. The molecule has 0 aliphatic carbocycles. The number of carboxylic acids is 1. The molecule has 0 radical (unpaired) electrons. The summed E-state index contributed by atoms with van der Waals surface area (Å²) < 4.78 is 0. The van der Waals surface area contributed by atoms with Gasteiger partial charge in [-0.3, -0.25) is 14.5 Å². The van der Waals surface area contributed by atoms with E-state index in [1.165, 1.54) is 0 Å². The van der Waals surface area contributed by atoms with Crippen molar-refractivity contribution in [2.45, 2.75) is 38.8 Å². The van der Waals surface area contributed by atoms with Crippen molar-refractivity contribution in [3.63, 3.8) is 0 Å². The van der Waals surface area contributed by atoms with Gasteiger partial charge < -0.3 is 10.4 Å². The molecule has 1 rings (SSSR count). The number of aliphatic carboxylic acids is 1. The van der Waals surface area contributed by atoms with Crippen LogP contribution in [0.1, 0.15) is 26.7 Å². The number of carboxylic acid groups (broad SMARTS) is 1. The van der Waals surface area contributed by atoms with E-state index in [1.807, 2.05) is 13.8 Å². The van der Waals surface area contributed by atoms with E-state index in [1.54, 1.807) is 0 Å². The molecule has 5 heteroatoms. The van der Waals surface area contributed by atoms with E-state index in [9.17, 15) is 9.59 Å². The van der Waals surface area contributed by atoms with Crippen molar-refractivity contribution in [2.75, 3.05) is 13.1 Å². The molecule has 2 unspecified atom stereocenters. The van der Waals surface area contributed by atoms with Crippen molar-refractivity contribution in [1.82, 2.24) is 10.2 Å². The highest BCUT2D eigenvalue weighted by molar-refractivity contribution is 5.82. The van der Waals surface area contributed by atoms with Gasteiger partial charge in [-0.1, -0.05) is 0 Å².